The zero-order chi connectivity index (χ0) is 8.81. The molecule has 0 atom stereocenters. The van der Waals surface area contributed by atoms with Crippen molar-refractivity contribution in [1.29, 1.82) is 0 Å². The Morgan fingerprint density at radius 3 is 2.58 bits per heavy atom. The molecule has 1 saturated carbocycles. The first kappa shape index (κ1) is 10.0. The molecule has 0 aromatic heterocycles. The van der Waals surface area contributed by atoms with Crippen molar-refractivity contribution in [2.24, 2.45) is 5.92 Å². The van der Waals surface area contributed by atoms with Gasteiger partial charge in [-0.15, -0.1) is 0 Å². The Kier molecular flexibility index (Phi) is 4.66. The predicted octanol–water partition coefficient (Wildman–Crippen LogP) is 2.50. The Labute approximate surface area is 81.8 Å². The van der Waals surface area contributed by atoms with Gasteiger partial charge in [0.15, 0.2) is 0 Å². The first-order chi connectivity index (χ1) is 5.83. The fourth-order valence-corrected chi connectivity index (χ4v) is 1.77. The minimum absolute atomic E-state index is 0.138. The second kappa shape index (κ2) is 5.57. The summed E-state index contributed by atoms with van der Waals surface area (Å²) in [6.07, 6.45) is 6.42. The summed E-state index contributed by atoms with van der Waals surface area (Å²) in [5.41, 5.74) is 0. The highest BCUT2D eigenvalue weighted by atomic mass is 79.9. The Bertz CT molecular complexity index is 141. The highest BCUT2D eigenvalue weighted by molar-refractivity contribution is 9.09. The third-order valence-corrected chi connectivity index (χ3v) is 2.77. The molecule has 0 unspecified atom stereocenters. The molecule has 0 aromatic rings. The molecule has 3 heteroatoms. The first-order valence-electron chi connectivity index (χ1n) is 4.54. The second-order valence-electron chi connectivity index (χ2n) is 3.32. The van der Waals surface area contributed by atoms with E-state index in [4.69, 9.17) is 4.74 Å². The molecule has 0 radical (unpaired) electrons. The van der Waals surface area contributed by atoms with Crippen LogP contribution >= 0.6 is 15.9 Å². The van der Waals surface area contributed by atoms with Gasteiger partial charge in [-0.25, -0.2) is 0 Å². The molecule has 0 saturated heterocycles. The normalized spacial score (nSPS) is 19.1. The van der Waals surface area contributed by atoms with E-state index in [9.17, 15) is 4.79 Å². The minimum atomic E-state index is -0.138. The van der Waals surface area contributed by atoms with Gasteiger partial charge in [0.05, 0.1) is 6.61 Å². The van der Waals surface area contributed by atoms with Crippen molar-refractivity contribution in [1.82, 2.24) is 0 Å². The molecule has 70 valence electrons. The third-order valence-electron chi connectivity index (χ3n) is 2.31. The van der Waals surface area contributed by atoms with E-state index >= 15 is 0 Å². The van der Waals surface area contributed by atoms with Gasteiger partial charge in [-0.1, -0.05) is 35.2 Å². The SMILES string of the molecule is O=C(CBr)OCC1CCCCC1. The van der Waals surface area contributed by atoms with E-state index in [1.165, 1.54) is 32.1 Å². The molecule has 0 N–H and O–H groups in total. The summed E-state index contributed by atoms with van der Waals surface area (Å²) in [7, 11) is 0. The quantitative estimate of drug-likeness (QED) is 0.555. The minimum Gasteiger partial charge on any atom is -0.465 e. The van der Waals surface area contributed by atoms with Crippen LogP contribution in [0.4, 0.5) is 0 Å². The fraction of sp³-hybridized carbons (Fsp3) is 0.889. The van der Waals surface area contributed by atoms with Crippen molar-refractivity contribution >= 4 is 21.9 Å². The van der Waals surface area contributed by atoms with Crippen LogP contribution in [-0.4, -0.2) is 17.9 Å². The van der Waals surface area contributed by atoms with E-state index in [1.807, 2.05) is 0 Å². The summed E-state index contributed by atoms with van der Waals surface area (Å²) in [4.78, 5) is 10.8. The zero-order valence-corrected chi connectivity index (χ0v) is 8.81. The Balaban J connectivity index is 2.09. The third kappa shape index (κ3) is 3.57. The van der Waals surface area contributed by atoms with Crippen LogP contribution < -0.4 is 0 Å². The molecule has 0 amide bonds. The molecular weight excluding hydrogens is 220 g/mol. The summed E-state index contributed by atoms with van der Waals surface area (Å²) in [5, 5.41) is 0.319. The largest absolute Gasteiger partial charge is 0.465 e. The number of hydrogen-bond acceptors (Lipinski definition) is 2. The average Bonchev–Trinajstić information content (AvgIpc) is 2.16. The highest BCUT2D eigenvalue weighted by Gasteiger charge is 2.14. The molecule has 0 spiro atoms. The van der Waals surface area contributed by atoms with Crippen molar-refractivity contribution in [3.05, 3.63) is 0 Å². The molecule has 1 aliphatic carbocycles. The van der Waals surface area contributed by atoms with E-state index in [0.717, 1.165) is 0 Å². The lowest BCUT2D eigenvalue weighted by atomic mass is 9.90. The van der Waals surface area contributed by atoms with Crippen molar-refractivity contribution in [3.63, 3.8) is 0 Å². The molecular formula is C9H15BrO2. The van der Waals surface area contributed by atoms with Crippen LogP contribution in [0.3, 0.4) is 0 Å². The summed E-state index contributed by atoms with van der Waals surface area (Å²) in [5.74, 6) is 0.488. The topological polar surface area (TPSA) is 26.3 Å². The van der Waals surface area contributed by atoms with Gasteiger partial charge in [-0.05, 0) is 18.8 Å². The van der Waals surface area contributed by atoms with Crippen LogP contribution in [0.5, 0.6) is 0 Å². The lowest BCUT2D eigenvalue weighted by Crippen LogP contribution is -2.17. The van der Waals surface area contributed by atoms with E-state index in [-0.39, 0.29) is 5.97 Å². The van der Waals surface area contributed by atoms with E-state index in [1.54, 1.807) is 0 Å². The van der Waals surface area contributed by atoms with Crippen molar-refractivity contribution in [3.8, 4) is 0 Å². The molecule has 1 aliphatic rings. The molecule has 1 fully saturated rings. The molecule has 0 aliphatic heterocycles. The number of hydrogen-bond donors (Lipinski definition) is 0. The molecule has 12 heavy (non-hydrogen) atoms. The molecule has 0 bridgehead atoms. The van der Waals surface area contributed by atoms with Crippen LogP contribution in [0.1, 0.15) is 32.1 Å². The maximum Gasteiger partial charge on any atom is 0.316 e. The van der Waals surface area contributed by atoms with Gasteiger partial charge in [0.1, 0.15) is 5.33 Å². The zero-order valence-electron chi connectivity index (χ0n) is 7.22. The van der Waals surface area contributed by atoms with Gasteiger partial charge in [0, 0.05) is 0 Å². The van der Waals surface area contributed by atoms with E-state index in [2.05, 4.69) is 15.9 Å². The number of carbonyl (C=O) groups excluding carboxylic acids is 1. The Morgan fingerprint density at radius 2 is 2.00 bits per heavy atom. The van der Waals surface area contributed by atoms with E-state index in [0.29, 0.717) is 17.9 Å². The monoisotopic (exact) mass is 234 g/mol. The van der Waals surface area contributed by atoms with Gasteiger partial charge in [-0.2, -0.15) is 0 Å². The van der Waals surface area contributed by atoms with Gasteiger partial charge in [0.25, 0.3) is 0 Å². The number of esters is 1. The molecule has 1 rings (SSSR count). The molecule has 2 nitrogen and oxygen atoms in total. The fourth-order valence-electron chi connectivity index (χ4n) is 1.60. The van der Waals surface area contributed by atoms with Crippen molar-refractivity contribution < 1.29 is 9.53 Å². The number of ether oxygens (including phenoxy) is 1. The number of rotatable bonds is 3. The number of alkyl halides is 1. The van der Waals surface area contributed by atoms with Gasteiger partial charge < -0.3 is 4.74 Å². The smallest absolute Gasteiger partial charge is 0.316 e. The Morgan fingerprint density at radius 1 is 1.33 bits per heavy atom. The lowest BCUT2D eigenvalue weighted by molar-refractivity contribution is -0.141. The number of halogens is 1. The van der Waals surface area contributed by atoms with Crippen LogP contribution in [0.25, 0.3) is 0 Å². The van der Waals surface area contributed by atoms with Gasteiger partial charge in [0.2, 0.25) is 0 Å². The van der Waals surface area contributed by atoms with Crippen LogP contribution in [0, 0.1) is 5.92 Å². The Hall–Kier alpha value is -0.0500. The van der Waals surface area contributed by atoms with Crippen LogP contribution in [0.15, 0.2) is 0 Å². The predicted molar refractivity (Wildman–Crippen MR) is 51.3 cm³/mol. The molecule has 0 aromatic carbocycles. The average molecular weight is 235 g/mol. The summed E-state index contributed by atoms with van der Waals surface area (Å²) >= 11 is 3.07. The molecule has 0 heterocycles. The van der Waals surface area contributed by atoms with Gasteiger partial charge in [-0.3, -0.25) is 4.79 Å². The summed E-state index contributed by atoms with van der Waals surface area (Å²) in [6, 6.07) is 0. The first-order valence-corrected chi connectivity index (χ1v) is 5.66. The van der Waals surface area contributed by atoms with Crippen LogP contribution in [-0.2, 0) is 9.53 Å². The van der Waals surface area contributed by atoms with Crippen LogP contribution in [0.2, 0.25) is 0 Å². The maximum atomic E-state index is 10.8. The van der Waals surface area contributed by atoms with Gasteiger partial charge >= 0.3 is 5.97 Å². The lowest BCUT2D eigenvalue weighted by Gasteiger charge is -2.20. The van der Waals surface area contributed by atoms with Crippen molar-refractivity contribution in [2.75, 3.05) is 11.9 Å². The summed E-state index contributed by atoms with van der Waals surface area (Å²) in [6.45, 7) is 0.629. The summed E-state index contributed by atoms with van der Waals surface area (Å²) < 4.78 is 5.04. The van der Waals surface area contributed by atoms with Crippen molar-refractivity contribution in [2.45, 2.75) is 32.1 Å². The second-order valence-corrected chi connectivity index (χ2v) is 3.88. The number of carbonyl (C=O) groups is 1. The van der Waals surface area contributed by atoms with E-state index < -0.39 is 0 Å². The standard InChI is InChI=1S/C9H15BrO2/c10-6-9(11)12-7-8-4-2-1-3-5-8/h8H,1-7H2. The maximum absolute atomic E-state index is 10.8. The highest BCUT2D eigenvalue weighted by Crippen LogP contribution is 2.23.